The van der Waals surface area contributed by atoms with Crippen LogP contribution in [0.5, 0.6) is 0 Å². The Balaban J connectivity index is 0.865. The molecule has 344 valence electrons. The van der Waals surface area contributed by atoms with Crippen LogP contribution in [-0.4, -0.2) is 23.3 Å². The van der Waals surface area contributed by atoms with E-state index in [9.17, 15) is 0 Å². The summed E-state index contributed by atoms with van der Waals surface area (Å²) in [7, 11) is 0. The van der Waals surface area contributed by atoms with E-state index in [1.54, 1.807) is 0 Å². The summed E-state index contributed by atoms with van der Waals surface area (Å²) < 4.78 is 9.60. The maximum Gasteiger partial charge on any atom is 0.140 e. The van der Waals surface area contributed by atoms with Crippen molar-refractivity contribution in [2.24, 2.45) is 0 Å². The van der Waals surface area contributed by atoms with Gasteiger partial charge in [0.1, 0.15) is 5.82 Å². The Labute approximate surface area is 425 Å². The molecule has 0 N–H and O–H groups in total. The van der Waals surface area contributed by atoms with E-state index in [1.165, 1.54) is 87.4 Å². The van der Waals surface area contributed by atoms with E-state index >= 15 is 0 Å². The molecule has 0 radical (unpaired) electrons. The van der Waals surface area contributed by atoms with Gasteiger partial charge in [0, 0.05) is 65.9 Å². The van der Waals surface area contributed by atoms with Gasteiger partial charge < -0.3 is 13.7 Å². The fourth-order valence-electron chi connectivity index (χ4n) is 12.3. The number of rotatable bonds is 6. The van der Waals surface area contributed by atoms with Gasteiger partial charge in [-0.2, -0.15) is 0 Å². The smallest absolute Gasteiger partial charge is 0.140 e. The normalized spacial score (nSPS) is 12.1. The Bertz CT molecular complexity index is 4950. The van der Waals surface area contributed by atoms with Gasteiger partial charge in [0.05, 0.1) is 55.3 Å². The lowest BCUT2D eigenvalue weighted by atomic mass is 10.0. The SMILES string of the molecule is c1ccc(-n2c3ccccc3c3ccc(-c4ccc5c(c4)c4ccccc4n5-c4cc(-n5c6ccccc6c6cc(-c7ccc8c9ccccc9n(-c9ccccc9)c8c7)ccc65)c5ccccc5n4)cc32)cc1. The summed E-state index contributed by atoms with van der Waals surface area (Å²) in [5.41, 5.74) is 18.3. The van der Waals surface area contributed by atoms with Gasteiger partial charge in [-0.3, -0.25) is 4.57 Å². The molecule has 0 bridgehead atoms. The lowest BCUT2D eigenvalue weighted by Gasteiger charge is -2.15. The molecule has 0 atom stereocenters. The second kappa shape index (κ2) is 15.8. The van der Waals surface area contributed by atoms with E-state index in [4.69, 9.17) is 4.98 Å². The highest BCUT2D eigenvalue weighted by Gasteiger charge is 2.21. The standard InChI is InChI=1S/C69H43N5/c1-3-17-48(18-4-1)71-60-27-13-8-21-50(60)54-35-31-46(41-66(54)71)44-33-37-64-57(39-44)52-23-10-15-29-62(52)73(64)68-43-69(70-59-26-12-7-25-56(59)68)74-63-30-16-11-24-53(63)58-40-45(34-38-65(58)74)47-32-36-55-51-22-9-14-28-61(51)72(67(55)42-47)49-19-5-2-6-20-49/h1-43H. The van der Waals surface area contributed by atoms with E-state index in [0.717, 1.165) is 55.8 Å². The quantitative estimate of drug-likeness (QED) is 0.163. The number of pyridine rings is 1. The minimum absolute atomic E-state index is 0.871. The molecule has 16 rings (SSSR count). The number of para-hydroxylation sites is 7. The van der Waals surface area contributed by atoms with Crippen molar-refractivity contribution in [2.75, 3.05) is 0 Å². The van der Waals surface area contributed by atoms with Crippen LogP contribution in [0.15, 0.2) is 261 Å². The topological polar surface area (TPSA) is 32.6 Å². The van der Waals surface area contributed by atoms with Crippen LogP contribution in [0.25, 0.3) is 143 Å². The molecular formula is C69H43N5. The first kappa shape index (κ1) is 40.7. The van der Waals surface area contributed by atoms with Crippen molar-refractivity contribution in [1.29, 1.82) is 0 Å². The third-order valence-electron chi connectivity index (χ3n) is 15.5. The molecule has 0 aliphatic carbocycles. The second-order valence-electron chi connectivity index (χ2n) is 19.5. The Kier molecular flexibility index (Phi) is 8.68. The molecule has 0 aliphatic heterocycles. The van der Waals surface area contributed by atoms with Crippen LogP contribution < -0.4 is 0 Å². The van der Waals surface area contributed by atoms with Gasteiger partial charge in [-0.1, -0.05) is 164 Å². The summed E-state index contributed by atoms with van der Waals surface area (Å²) in [6, 6.07) is 95.2. The van der Waals surface area contributed by atoms with E-state index < -0.39 is 0 Å². The third kappa shape index (κ3) is 5.95. The average molecular weight is 942 g/mol. The number of benzene rings is 11. The van der Waals surface area contributed by atoms with E-state index in [1.807, 2.05) is 0 Å². The average Bonchev–Trinajstić information content (AvgIpc) is 4.19. The molecule has 16 aromatic rings. The summed E-state index contributed by atoms with van der Waals surface area (Å²) in [6.07, 6.45) is 0. The van der Waals surface area contributed by atoms with Crippen molar-refractivity contribution >= 4 is 98.1 Å². The van der Waals surface area contributed by atoms with Crippen LogP contribution in [0.2, 0.25) is 0 Å². The first-order valence-electron chi connectivity index (χ1n) is 25.4. The zero-order chi connectivity index (χ0) is 48.4. The van der Waals surface area contributed by atoms with Crippen LogP contribution in [0.3, 0.4) is 0 Å². The van der Waals surface area contributed by atoms with Gasteiger partial charge in [-0.05, 0) is 113 Å². The minimum atomic E-state index is 0.871. The molecule has 0 spiro atoms. The van der Waals surface area contributed by atoms with Gasteiger partial charge in [-0.25, -0.2) is 4.98 Å². The highest BCUT2D eigenvalue weighted by Crippen LogP contribution is 2.42. The van der Waals surface area contributed by atoms with Crippen LogP contribution >= 0.6 is 0 Å². The van der Waals surface area contributed by atoms with Crippen LogP contribution in [-0.2, 0) is 0 Å². The first-order chi connectivity index (χ1) is 36.7. The first-order valence-corrected chi connectivity index (χ1v) is 25.4. The predicted octanol–water partition coefficient (Wildman–Crippen LogP) is 18.0. The molecule has 0 amide bonds. The Hall–Kier alpha value is -9.97. The van der Waals surface area contributed by atoms with E-state index in [2.05, 4.69) is 279 Å². The van der Waals surface area contributed by atoms with Gasteiger partial charge in [0.2, 0.25) is 0 Å². The Morgan fingerprint density at radius 3 is 1.08 bits per heavy atom. The number of nitrogens with zero attached hydrogens (tertiary/aromatic N) is 5. The monoisotopic (exact) mass is 941 g/mol. The summed E-state index contributed by atoms with van der Waals surface area (Å²) in [5.74, 6) is 0.871. The molecule has 0 aliphatic rings. The van der Waals surface area contributed by atoms with Gasteiger partial charge in [0.15, 0.2) is 0 Å². The van der Waals surface area contributed by atoms with Gasteiger partial charge in [0.25, 0.3) is 0 Å². The number of hydrogen-bond donors (Lipinski definition) is 0. The molecule has 5 heterocycles. The lowest BCUT2D eigenvalue weighted by Crippen LogP contribution is -2.03. The number of aromatic nitrogens is 5. The van der Waals surface area contributed by atoms with Crippen LogP contribution in [0.1, 0.15) is 0 Å². The maximum atomic E-state index is 5.49. The van der Waals surface area contributed by atoms with Crippen molar-refractivity contribution in [1.82, 2.24) is 23.3 Å². The molecule has 5 aromatic heterocycles. The second-order valence-corrected chi connectivity index (χ2v) is 19.5. The van der Waals surface area contributed by atoms with Crippen LogP contribution in [0, 0.1) is 0 Å². The fourth-order valence-corrected chi connectivity index (χ4v) is 12.3. The third-order valence-corrected chi connectivity index (χ3v) is 15.5. The molecule has 5 heteroatoms. The fraction of sp³-hybridized carbons (Fsp3) is 0. The number of hydrogen-bond acceptors (Lipinski definition) is 1. The van der Waals surface area contributed by atoms with E-state index in [0.29, 0.717) is 0 Å². The van der Waals surface area contributed by atoms with Crippen LogP contribution in [0.4, 0.5) is 0 Å². The van der Waals surface area contributed by atoms with Gasteiger partial charge in [-0.15, -0.1) is 0 Å². The summed E-state index contributed by atoms with van der Waals surface area (Å²) in [4.78, 5) is 5.49. The zero-order valence-corrected chi connectivity index (χ0v) is 40.1. The molecule has 0 fully saturated rings. The zero-order valence-electron chi connectivity index (χ0n) is 40.1. The lowest BCUT2D eigenvalue weighted by molar-refractivity contribution is 1.08. The Morgan fingerprint density at radius 2 is 0.568 bits per heavy atom. The largest absolute Gasteiger partial charge is 0.309 e. The van der Waals surface area contributed by atoms with Crippen molar-refractivity contribution < 1.29 is 0 Å². The molecule has 5 nitrogen and oxygen atoms in total. The van der Waals surface area contributed by atoms with Crippen molar-refractivity contribution in [3.63, 3.8) is 0 Å². The highest BCUT2D eigenvalue weighted by atomic mass is 15.1. The maximum absolute atomic E-state index is 5.49. The molecule has 0 saturated heterocycles. The molecule has 74 heavy (non-hydrogen) atoms. The summed E-state index contributed by atoms with van der Waals surface area (Å²) in [5, 5.41) is 10.9. The Morgan fingerprint density at radius 1 is 0.216 bits per heavy atom. The van der Waals surface area contributed by atoms with E-state index in [-0.39, 0.29) is 0 Å². The van der Waals surface area contributed by atoms with Crippen molar-refractivity contribution in [3.8, 4) is 45.1 Å². The van der Waals surface area contributed by atoms with Crippen molar-refractivity contribution in [2.45, 2.75) is 0 Å². The predicted molar refractivity (Wildman–Crippen MR) is 310 cm³/mol. The van der Waals surface area contributed by atoms with Gasteiger partial charge >= 0.3 is 0 Å². The van der Waals surface area contributed by atoms with Crippen molar-refractivity contribution in [3.05, 3.63) is 261 Å². The molecule has 11 aromatic carbocycles. The summed E-state index contributed by atoms with van der Waals surface area (Å²) >= 11 is 0. The molecule has 0 unspecified atom stereocenters. The highest BCUT2D eigenvalue weighted by molar-refractivity contribution is 6.15. The number of fused-ring (bicyclic) bond motifs is 13. The molecular weight excluding hydrogens is 899 g/mol. The minimum Gasteiger partial charge on any atom is -0.309 e. The summed E-state index contributed by atoms with van der Waals surface area (Å²) in [6.45, 7) is 0. The molecule has 0 saturated carbocycles.